The zero-order valence-electron chi connectivity index (χ0n) is 18.4. The van der Waals surface area contributed by atoms with Crippen LogP contribution in [0.3, 0.4) is 0 Å². The lowest BCUT2D eigenvalue weighted by molar-refractivity contribution is -0.137. The lowest BCUT2D eigenvalue weighted by Gasteiger charge is -2.25. The van der Waals surface area contributed by atoms with Crippen LogP contribution >= 0.6 is 0 Å². The van der Waals surface area contributed by atoms with Gasteiger partial charge < -0.3 is 23.9 Å². The zero-order chi connectivity index (χ0) is 23.5. The minimum absolute atomic E-state index is 0.0103. The minimum Gasteiger partial charge on any atom is -0.493 e. The van der Waals surface area contributed by atoms with Crippen molar-refractivity contribution in [2.24, 2.45) is 7.05 Å². The van der Waals surface area contributed by atoms with E-state index in [2.05, 4.69) is 0 Å². The molecule has 0 atom stereocenters. The summed E-state index contributed by atoms with van der Waals surface area (Å²) in [5, 5.41) is 9.91. The third-order valence-electron chi connectivity index (χ3n) is 5.13. The molecule has 10 heteroatoms. The van der Waals surface area contributed by atoms with E-state index in [1.807, 2.05) is 29.9 Å². The van der Waals surface area contributed by atoms with Crippen LogP contribution in [0.4, 0.5) is 5.69 Å². The van der Waals surface area contributed by atoms with Gasteiger partial charge in [-0.3, -0.25) is 9.10 Å². The number of carbonyl (C=O) groups is 1. The van der Waals surface area contributed by atoms with E-state index in [4.69, 9.17) is 19.3 Å². The van der Waals surface area contributed by atoms with Crippen LogP contribution in [-0.4, -0.2) is 51.9 Å². The zero-order valence-corrected chi connectivity index (χ0v) is 19.2. The normalized spacial score (nSPS) is 11.4. The quantitative estimate of drug-likeness (QED) is 0.493. The molecule has 0 radical (unpaired) electrons. The van der Waals surface area contributed by atoms with Gasteiger partial charge in [-0.15, -0.1) is 0 Å². The topological polar surface area (TPSA) is 107 Å². The third-order valence-corrected chi connectivity index (χ3v) is 6.94. The molecular formula is C22H26N2O7S. The smallest absolute Gasteiger partial charge is 0.303 e. The molecular weight excluding hydrogens is 436 g/mol. The molecule has 1 heterocycles. The fourth-order valence-electron chi connectivity index (χ4n) is 3.52. The average Bonchev–Trinajstić information content (AvgIpc) is 3.15. The van der Waals surface area contributed by atoms with Crippen LogP contribution in [0.25, 0.3) is 10.9 Å². The predicted molar refractivity (Wildman–Crippen MR) is 120 cm³/mol. The predicted octanol–water partition coefficient (Wildman–Crippen LogP) is 3.26. The molecule has 172 valence electrons. The number of anilines is 1. The number of aryl methyl sites for hydroxylation is 1. The van der Waals surface area contributed by atoms with Crippen LogP contribution < -0.4 is 18.5 Å². The van der Waals surface area contributed by atoms with Gasteiger partial charge in [-0.1, -0.05) is 0 Å². The van der Waals surface area contributed by atoms with Gasteiger partial charge in [-0.25, -0.2) is 8.42 Å². The summed E-state index contributed by atoms with van der Waals surface area (Å²) < 4.78 is 46.5. The Hall–Kier alpha value is -3.40. The molecule has 0 saturated carbocycles. The Labute approximate surface area is 186 Å². The Morgan fingerprint density at radius 1 is 1.03 bits per heavy atom. The highest BCUT2D eigenvalue weighted by Crippen LogP contribution is 2.40. The number of carboxylic acids is 1. The van der Waals surface area contributed by atoms with Crippen molar-refractivity contribution in [2.75, 3.05) is 32.2 Å². The maximum atomic E-state index is 13.7. The summed E-state index contributed by atoms with van der Waals surface area (Å²) in [4.78, 5) is 11.0. The largest absolute Gasteiger partial charge is 0.493 e. The Kier molecular flexibility index (Phi) is 6.83. The molecule has 0 bridgehead atoms. The number of carboxylic acid groups (broad SMARTS) is 1. The summed E-state index contributed by atoms with van der Waals surface area (Å²) in [5.41, 5.74) is 1.38. The number of sulfonamides is 1. The molecule has 0 saturated heterocycles. The van der Waals surface area contributed by atoms with E-state index >= 15 is 0 Å². The second-order valence-electron chi connectivity index (χ2n) is 7.11. The summed E-state index contributed by atoms with van der Waals surface area (Å²) >= 11 is 0. The van der Waals surface area contributed by atoms with Gasteiger partial charge in [0.2, 0.25) is 5.75 Å². The first kappa shape index (κ1) is 23.3. The number of methoxy groups -OCH3 is 3. The second-order valence-corrected chi connectivity index (χ2v) is 8.97. The number of nitrogens with zero attached hydrogens (tertiary/aromatic N) is 2. The third kappa shape index (κ3) is 4.45. The Morgan fingerprint density at radius 3 is 2.25 bits per heavy atom. The maximum Gasteiger partial charge on any atom is 0.303 e. The van der Waals surface area contributed by atoms with Gasteiger partial charge in [-0.05, 0) is 30.7 Å². The van der Waals surface area contributed by atoms with E-state index < -0.39 is 16.0 Å². The van der Waals surface area contributed by atoms with E-state index in [0.29, 0.717) is 5.69 Å². The van der Waals surface area contributed by atoms with E-state index in [9.17, 15) is 13.2 Å². The first-order valence-electron chi connectivity index (χ1n) is 9.82. The number of hydrogen-bond acceptors (Lipinski definition) is 6. The summed E-state index contributed by atoms with van der Waals surface area (Å²) in [7, 11) is 2.06. The molecule has 2 aromatic carbocycles. The highest BCUT2D eigenvalue weighted by Gasteiger charge is 2.28. The van der Waals surface area contributed by atoms with Crippen molar-refractivity contribution in [1.82, 2.24) is 4.57 Å². The number of benzene rings is 2. The Morgan fingerprint density at radius 2 is 1.69 bits per heavy atom. The van der Waals surface area contributed by atoms with Crippen molar-refractivity contribution in [3.8, 4) is 17.2 Å². The standard InChI is InChI=1S/C22H26N2O7S/c1-23-11-9-15-12-16(7-8-18(15)23)24(10-5-6-21(25)26)32(27,28)17-13-19(29-2)22(31-4)20(14-17)30-3/h7-9,11-14H,5-6,10H2,1-4H3,(H,25,26). The molecule has 3 rings (SSSR count). The molecule has 1 N–H and O–H groups in total. The monoisotopic (exact) mass is 462 g/mol. The number of fused-ring (bicyclic) bond motifs is 1. The van der Waals surface area contributed by atoms with Gasteiger partial charge in [0.15, 0.2) is 11.5 Å². The van der Waals surface area contributed by atoms with Crippen LogP contribution in [0.2, 0.25) is 0 Å². The van der Waals surface area contributed by atoms with Crippen molar-refractivity contribution in [2.45, 2.75) is 17.7 Å². The molecule has 0 aliphatic carbocycles. The van der Waals surface area contributed by atoms with Crippen LogP contribution in [0.1, 0.15) is 12.8 Å². The Balaban J connectivity index is 2.12. The van der Waals surface area contributed by atoms with Crippen molar-refractivity contribution >= 4 is 32.6 Å². The highest BCUT2D eigenvalue weighted by atomic mass is 32.2. The molecule has 1 aromatic heterocycles. The second kappa shape index (κ2) is 9.39. The first-order chi connectivity index (χ1) is 15.2. The minimum atomic E-state index is -4.09. The SMILES string of the molecule is COc1cc(S(=O)(=O)N(CCCC(=O)O)c2ccc3c(ccn3C)c2)cc(OC)c1OC. The summed E-state index contributed by atoms with van der Waals surface area (Å²) in [5.74, 6) is -0.311. The number of ether oxygens (including phenoxy) is 3. The van der Waals surface area contributed by atoms with Crippen molar-refractivity contribution in [1.29, 1.82) is 0 Å². The summed E-state index contributed by atoms with van der Waals surface area (Å²) in [6.07, 6.45) is 1.87. The molecule has 3 aromatic rings. The first-order valence-corrected chi connectivity index (χ1v) is 11.3. The maximum absolute atomic E-state index is 13.7. The molecule has 32 heavy (non-hydrogen) atoms. The fraction of sp³-hybridized carbons (Fsp3) is 0.318. The lowest BCUT2D eigenvalue weighted by Crippen LogP contribution is -2.32. The van der Waals surface area contributed by atoms with Gasteiger partial charge in [0.25, 0.3) is 10.0 Å². The van der Waals surface area contributed by atoms with Crippen LogP contribution in [0.5, 0.6) is 17.2 Å². The molecule has 0 aliphatic rings. The number of hydrogen-bond donors (Lipinski definition) is 1. The summed E-state index contributed by atoms with van der Waals surface area (Å²) in [6.45, 7) is -0.0103. The van der Waals surface area contributed by atoms with Crippen molar-refractivity contribution in [3.63, 3.8) is 0 Å². The van der Waals surface area contributed by atoms with Crippen molar-refractivity contribution < 1.29 is 32.5 Å². The van der Waals surface area contributed by atoms with Gasteiger partial charge in [-0.2, -0.15) is 0 Å². The molecule has 0 amide bonds. The molecule has 0 fully saturated rings. The van der Waals surface area contributed by atoms with E-state index in [1.54, 1.807) is 12.1 Å². The number of aliphatic carboxylic acids is 1. The number of aromatic nitrogens is 1. The number of rotatable bonds is 10. The van der Waals surface area contributed by atoms with Crippen LogP contribution in [-0.2, 0) is 21.9 Å². The average molecular weight is 463 g/mol. The van der Waals surface area contributed by atoms with Gasteiger partial charge in [0.05, 0.1) is 31.9 Å². The van der Waals surface area contributed by atoms with Gasteiger partial charge >= 0.3 is 5.97 Å². The molecule has 0 unspecified atom stereocenters. The van der Waals surface area contributed by atoms with Gasteiger partial charge in [0.1, 0.15) is 0 Å². The molecule has 0 aliphatic heterocycles. The fourth-order valence-corrected chi connectivity index (χ4v) is 5.05. The highest BCUT2D eigenvalue weighted by molar-refractivity contribution is 7.92. The van der Waals surface area contributed by atoms with Crippen LogP contribution in [0, 0.1) is 0 Å². The summed E-state index contributed by atoms with van der Waals surface area (Å²) in [6, 6.07) is 9.92. The van der Waals surface area contributed by atoms with Gasteiger partial charge in [0, 0.05) is 49.2 Å². The van der Waals surface area contributed by atoms with Crippen molar-refractivity contribution in [3.05, 3.63) is 42.6 Å². The Bertz CT molecular complexity index is 1210. The van der Waals surface area contributed by atoms with E-state index in [1.165, 1.54) is 37.8 Å². The van der Waals surface area contributed by atoms with Crippen LogP contribution in [0.15, 0.2) is 47.5 Å². The van der Waals surface area contributed by atoms with E-state index in [-0.39, 0.29) is 41.5 Å². The molecule has 0 spiro atoms. The molecule has 9 nitrogen and oxygen atoms in total. The lowest BCUT2D eigenvalue weighted by atomic mass is 10.2. The van der Waals surface area contributed by atoms with E-state index in [0.717, 1.165) is 10.9 Å².